The molecule has 0 aromatic rings. The topological polar surface area (TPSA) is 6.48 Å². The molecule has 0 radical (unpaired) electrons. The average molecular weight is 224 g/mol. The normalized spacial score (nSPS) is 66.0. The summed E-state index contributed by atoms with van der Waals surface area (Å²) >= 11 is 2.26. The van der Waals surface area contributed by atoms with E-state index in [1.807, 2.05) is 0 Å². The Labute approximate surface area is 96.4 Å². The van der Waals surface area contributed by atoms with Crippen LogP contribution in [0.25, 0.3) is 0 Å². The molecule has 5 fully saturated rings. The second-order valence-electron chi connectivity index (χ2n) is 6.66. The van der Waals surface area contributed by atoms with Crippen molar-refractivity contribution < 1.29 is 0 Å². The molecule has 5 heterocycles. The van der Waals surface area contributed by atoms with Crippen LogP contribution < -0.4 is 0 Å². The van der Waals surface area contributed by atoms with Crippen molar-refractivity contribution in [2.75, 3.05) is 45.0 Å². The standard InChI is InChI=1S/C12H20N2S/c1-10-5-13-3-4-14(6-10)8-11(2,7-13)12(10)9-15-12/h3-9H2,1-2H3. The minimum Gasteiger partial charge on any atom is -0.301 e. The highest BCUT2D eigenvalue weighted by Gasteiger charge is 2.72. The van der Waals surface area contributed by atoms with Gasteiger partial charge in [0.2, 0.25) is 0 Å². The van der Waals surface area contributed by atoms with E-state index in [9.17, 15) is 0 Å². The predicted molar refractivity (Wildman–Crippen MR) is 64.3 cm³/mol. The van der Waals surface area contributed by atoms with Crippen molar-refractivity contribution in [3.8, 4) is 0 Å². The van der Waals surface area contributed by atoms with Crippen LogP contribution in [0.1, 0.15) is 13.8 Å². The number of nitrogens with zero attached hydrogens (tertiary/aromatic N) is 2. The summed E-state index contributed by atoms with van der Waals surface area (Å²) in [7, 11) is 0. The van der Waals surface area contributed by atoms with Crippen molar-refractivity contribution in [2.45, 2.75) is 18.6 Å². The number of hydrogen-bond acceptors (Lipinski definition) is 3. The third kappa shape index (κ3) is 0.922. The van der Waals surface area contributed by atoms with Crippen molar-refractivity contribution in [3.05, 3.63) is 0 Å². The van der Waals surface area contributed by atoms with E-state index in [4.69, 9.17) is 0 Å². The lowest BCUT2D eigenvalue weighted by Gasteiger charge is -2.59. The fourth-order valence-electron chi connectivity index (χ4n) is 4.79. The Morgan fingerprint density at radius 3 is 1.60 bits per heavy atom. The molecule has 5 rings (SSSR count). The van der Waals surface area contributed by atoms with Gasteiger partial charge in [-0.1, -0.05) is 13.8 Å². The van der Waals surface area contributed by atoms with Crippen LogP contribution in [-0.4, -0.2) is 59.6 Å². The third-order valence-corrected chi connectivity index (χ3v) is 7.26. The molecule has 0 amide bonds. The molecule has 5 saturated heterocycles. The summed E-state index contributed by atoms with van der Waals surface area (Å²) in [6.07, 6.45) is 0. The monoisotopic (exact) mass is 224 g/mol. The van der Waals surface area contributed by atoms with Crippen molar-refractivity contribution in [3.63, 3.8) is 0 Å². The van der Waals surface area contributed by atoms with Crippen molar-refractivity contribution in [1.29, 1.82) is 0 Å². The van der Waals surface area contributed by atoms with Crippen LogP contribution in [0, 0.1) is 10.8 Å². The first-order valence-electron chi connectivity index (χ1n) is 6.16. The summed E-state index contributed by atoms with van der Waals surface area (Å²) in [6.45, 7) is 13.1. The van der Waals surface area contributed by atoms with Gasteiger partial charge in [-0.25, -0.2) is 0 Å². The van der Waals surface area contributed by atoms with Gasteiger partial charge in [-0.15, -0.1) is 0 Å². The fraction of sp³-hybridized carbons (Fsp3) is 1.00. The Kier molecular flexibility index (Phi) is 1.50. The molecule has 5 aliphatic heterocycles. The SMILES string of the molecule is CC12CN3CCN(C1)CC(C)(C3)C21CS1. The zero-order valence-corrected chi connectivity index (χ0v) is 10.6. The molecular weight excluding hydrogens is 204 g/mol. The molecule has 5 aliphatic rings. The lowest BCUT2D eigenvalue weighted by molar-refractivity contribution is -0.0567. The van der Waals surface area contributed by atoms with Gasteiger partial charge in [-0.2, -0.15) is 11.8 Å². The van der Waals surface area contributed by atoms with Gasteiger partial charge in [0.1, 0.15) is 0 Å². The van der Waals surface area contributed by atoms with E-state index in [0.717, 1.165) is 0 Å². The molecule has 84 valence electrons. The van der Waals surface area contributed by atoms with Crippen LogP contribution in [-0.2, 0) is 0 Å². The summed E-state index contributed by atoms with van der Waals surface area (Å²) in [5.41, 5.74) is 1.14. The molecular formula is C12H20N2S. The molecule has 15 heavy (non-hydrogen) atoms. The zero-order valence-electron chi connectivity index (χ0n) is 9.75. The number of hydrogen-bond donors (Lipinski definition) is 0. The van der Waals surface area contributed by atoms with E-state index in [1.165, 1.54) is 45.0 Å². The van der Waals surface area contributed by atoms with Gasteiger partial charge >= 0.3 is 0 Å². The number of rotatable bonds is 0. The molecule has 0 saturated carbocycles. The van der Waals surface area contributed by atoms with Crippen LogP contribution >= 0.6 is 11.8 Å². The Morgan fingerprint density at radius 1 is 0.867 bits per heavy atom. The second-order valence-corrected chi connectivity index (χ2v) is 7.93. The van der Waals surface area contributed by atoms with Crippen LogP contribution in [0.2, 0.25) is 0 Å². The van der Waals surface area contributed by atoms with Gasteiger partial charge in [0.05, 0.1) is 0 Å². The predicted octanol–water partition coefficient (Wildman–Crippen LogP) is 1.13. The average Bonchev–Trinajstić information content (AvgIpc) is 2.87. The number of piperidine rings is 2. The molecule has 4 bridgehead atoms. The highest BCUT2D eigenvalue weighted by molar-refractivity contribution is 8.08. The molecule has 0 unspecified atom stereocenters. The molecule has 0 aromatic heterocycles. The number of fused-ring (bicyclic) bond motifs is 1. The van der Waals surface area contributed by atoms with E-state index < -0.39 is 0 Å². The van der Waals surface area contributed by atoms with Crippen molar-refractivity contribution in [2.24, 2.45) is 10.8 Å². The zero-order chi connectivity index (χ0) is 10.3. The summed E-state index contributed by atoms with van der Waals surface area (Å²) in [4.78, 5) is 5.47. The van der Waals surface area contributed by atoms with Gasteiger partial charge in [0.25, 0.3) is 0 Å². The van der Waals surface area contributed by atoms with E-state index in [-0.39, 0.29) is 0 Å². The second kappa shape index (κ2) is 2.41. The molecule has 0 atom stereocenters. The maximum Gasteiger partial charge on any atom is 0.0406 e. The molecule has 0 aromatic carbocycles. The first kappa shape index (κ1) is 9.32. The highest BCUT2D eigenvalue weighted by atomic mass is 32.2. The van der Waals surface area contributed by atoms with E-state index >= 15 is 0 Å². The van der Waals surface area contributed by atoms with Gasteiger partial charge in [-0.3, -0.25) is 0 Å². The maximum absolute atomic E-state index is 2.73. The lowest BCUT2D eigenvalue weighted by Crippen LogP contribution is -2.69. The molecule has 3 heteroatoms. The molecule has 2 nitrogen and oxygen atoms in total. The summed E-state index contributed by atoms with van der Waals surface area (Å²) < 4.78 is 0.650. The summed E-state index contributed by atoms with van der Waals surface area (Å²) in [5.74, 6) is 1.43. The maximum atomic E-state index is 2.73. The minimum absolute atomic E-state index is 0.569. The Bertz CT molecular complexity index is 284. The molecule has 0 aliphatic carbocycles. The number of thioether (sulfide) groups is 1. The van der Waals surface area contributed by atoms with Gasteiger partial charge in [-0.05, 0) is 0 Å². The molecule has 1 spiro atoms. The van der Waals surface area contributed by atoms with Gasteiger partial charge in [0, 0.05) is 60.6 Å². The van der Waals surface area contributed by atoms with Crippen molar-refractivity contribution in [1.82, 2.24) is 9.80 Å². The van der Waals surface area contributed by atoms with Crippen LogP contribution in [0.15, 0.2) is 0 Å². The van der Waals surface area contributed by atoms with Crippen molar-refractivity contribution >= 4 is 11.8 Å². The quantitative estimate of drug-likeness (QED) is 0.570. The smallest absolute Gasteiger partial charge is 0.0406 e. The van der Waals surface area contributed by atoms with E-state index in [1.54, 1.807) is 0 Å². The van der Waals surface area contributed by atoms with Gasteiger partial charge < -0.3 is 9.80 Å². The Morgan fingerprint density at radius 2 is 1.27 bits per heavy atom. The van der Waals surface area contributed by atoms with Crippen LogP contribution in [0.5, 0.6) is 0 Å². The molecule has 0 N–H and O–H groups in total. The van der Waals surface area contributed by atoms with E-state index in [2.05, 4.69) is 35.4 Å². The van der Waals surface area contributed by atoms with Gasteiger partial charge in [0.15, 0.2) is 0 Å². The minimum atomic E-state index is 0.569. The summed E-state index contributed by atoms with van der Waals surface area (Å²) in [6, 6.07) is 0. The Balaban J connectivity index is 1.88. The van der Waals surface area contributed by atoms with Crippen LogP contribution in [0.3, 0.4) is 0 Å². The largest absolute Gasteiger partial charge is 0.301 e. The first-order valence-corrected chi connectivity index (χ1v) is 7.14. The first-order chi connectivity index (χ1) is 7.07. The lowest BCUT2D eigenvalue weighted by atomic mass is 9.58. The van der Waals surface area contributed by atoms with E-state index in [0.29, 0.717) is 15.6 Å². The fourth-order valence-corrected chi connectivity index (χ4v) is 6.59. The van der Waals surface area contributed by atoms with Crippen LogP contribution in [0.4, 0.5) is 0 Å². The third-order valence-electron chi connectivity index (χ3n) is 5.41. The summed E-state index contributed by atoms with van der Waals surface area (Å²) in [5, 5.41) is 0. The Hall–Kier alpha value is 0.270. The highest BCUT2D eigenvalue weighted by Crippen LogP contribution is 2.70.